The van der Waals surface area contributed by atoms with Crippen molar-refractivity contribution in [2.24, 2.45) is 0 Å². The van der Waals surface area contributed by atoms with Crippen LogP contribution in [0.2, 0.25) is 0 Å². The van der Waals surface area contributed by atoms with Gasteiger partial charge in [0.1, 0.15) is 0 Å². The fourth-order valence-electron chi connectivity index (χ4n) is 3.07. The number of nitrogens with zero attached hydrogens (tertiary/aromatic N) is 5. The van der Waals surface area contributed by atoms with E-state index in [0.717, 1.165) is 30.3 Å². The van der Waals surface area contributed by atoms with Gasteiger partial charge in [-0.05, 0) is 43.1 Å². The smallest absolute Gasteiger partial charge is 0.229 e. The Bertz CT molecular complexity index is 777. The Labute approximate surface area is 144 Å². The summed E-state index contributed by atoms with van der Waals surface area (Å²) in [6.45, 7) is 2.01. The second-order valence-electron chi connectivity index (χ2n) is 5.75. The Morgan fingerprint density at radius 1 is 1.12 bits per heavy atom. The maximum Gasteiger partial charge on any atom is 0.229 e. The summed E-state index contributed by atoms with van der Waals surface area (Å²) in [5.74, 6) is 0.609. The zero-order valence-corrected chi connectivity index (χ0v) is 14.0. The third kappa shape index (κ3) is 3.42. The average molecular weight is 338 g/mol. The van der Waals surface area contributed by atoms with Crippen LogP contribution < -0.4 is 5.32 Å². The highest BCUT2D eigenvalue weighted by Gasteiger charge is 2.27. The average Bonchev–Trinajstić information content (AvgIpc) is 3.28. The zero-order chi connectivity index (χ0) is 16.2. The van der Waals surface area contributed by atoms with Crippen molar-refractivity contribution < 1.29 is 0 Å². The van der Waals surface area contributed by atoms with Gasteiger partial charge in [-0.25, -0.2) is 15.0 Å². The second kappa shape index (κ2) is 7.02. The van der Waals surface area contributed by atoms with Crippen LogP contribution in [0, 0.1) is 0 Å². The van der Waals surface area contributed by atoms with E-state index >= 15 is 0 Å². The largest absolute Gasteiger partial charge is 0.300 e. The van der Waals surface area contributed by atoms with E-state index in [1.54, 1.807) is 6.20 Å². The molecule has 1 fully saturated rings. The molecule has 1 saturated heterocycles. The molecule has 4 rings (SSSR count). The summed E-state index contributed by atoms with van der Waals surface area (Å²) in [5.41, 5.74) is 2.35. The SMILES string of the molecule is c1cc(CN2CCC[C@H]2c2ccnc(Nc3nccs3)n2)ccn1. The van der Waals surface area contributed by atoms with Crippen molar-refractivity contribution in [3.63, 3.8) is 0 Å². The Balaban J connectivity index is 1.51. The fraction of sp³-hybridized carbons (Fsp3) is 0.294. The minimum atomic E-state index is 0.331. The van der Waals surface area contributed by atoms with Crippen molar-refractivity contribution in [2.75, 3.05) is 11.9 Å². The number of pyridine rings is 1. The molecule has 0 bridgehead atoms. The first-order chi connectivity index (χ1) is 11.9. The van der Waals surface area contributed by atoms with E-state index in [-0.39, 0.29) is 0 Å². The van der Waals surface area contributed by atoms with Gasteiger partial charge in [0.05, 0.1) is 11.7 Å². The number of hydrogen-bond donors (Lipinski definition) is 1. The number of thiazole rings is 1. The lowest BCUT2D eigenvalue weighted by Gasteiger charge is -2.24. The van der Waals surface area contributed by atoms with E-state index in [2.05, 4.69) is 37.3 Å². The summed E-state index contributed by atoms with van der Waals surface area (Å²) >= 11 is 1.54. The highest BCUT2D eigenvalue weighted by Crippen LogP contribution is 2.32. The van der Waals surface area contributed by atoms with Gasteiger partial charge in [-0.1, -0.05) is 0 Å². The molecule has 3 aromatic heterocycles. The van der Waals surface area contributed by atoms with Gasteiger partial charge in [-0.15, -0.1) is 11.3 Å². The van der Waals surface area contributed by atoms with E-state index in [1.807, 2.05) is 30.0 Å². The van der Waals surface area contributed by atoms with Crippen LogP contribution in [0.25, 0.3) is 0 Å². The van der Waals surface area contributed by atoms with Crippen LogP contribution in [0.3, 0.4) is 0 Å². The molecule has 0 amide bonds. The van der Waals surface area contributed by atoms with Crippen molar-refractivity contribution in [3.05, 3.63) is 59.6 Å². The molecule has 0 saturated carbocycles. The summed E-state index contributed by atoms with van der Waals surface area (Å²) < 4.78 is 0. The molecule has 1 N–H and O–H groups in total. The monoisotopic (exact) mass is 338 g/mol. The summed E-state index contributed by atoms with van der Waals surface area (Å²) in [4.78, 5) is 19.8. The Morgan fingerprint density at radius 3 is 2.88 bits per heavy atom. The minimum absolute atomic E-state index is 0.331. The van der Waals surface area contributed by atoms with Gasteiger partial charge in [-0.2, -0.15) is 0 Å². The quantitative estimate of drug-likeness (QED) is 0.769. The van der Waals surface area contributed by atoms with E-state index < -0.39 is 0 Å². The number of rotatable bonds is 5. The standard InChI is InChI=1S/C17H18N6S/c1-2-15(23(10-1)12-13-3-6-18-7-4-13)14-5-8-19-16(21-14)22-17-20-9-11-24-17/h3-9,11,15H,1-2,10,12H2,(H,19,20,21,22)/t15-/m0/s1. The molecular formula is C17H18N6S. The van der Waals surface area contributed by atoms with Crippen LogP contribution in [0.1, 0.15) is 30.1 Å². The fourth-order valence-corrected chi connectivity index (χ4v) is 3.59. The van der Waals surface area contributed by atoms with Crippen LogP contribution in [-0.4, -0.2) is 31.4 Å². The third-order valence-electron chi connectivity index (χ3n) is 4.17. The summed E-state index contributed by atoms with van der Waals surface area (Å²) in [5, 5.41) is 5.91. The lowest BCUT2D eigenvalue weighted by molar-refractivity contribution is 0.244. The van der Waals surface area contributed by atoms with Gasteiger partial charge in [0.2, 0.25) is 5.95 Å². The highest BCUT2D eigenvalue weighted by molar-refractivity contribution is 7.13. The second-order valence-corrected chi connectivity index (χ2v) is 6.65. The molecule has 0 aliphatic carbocycles. The molecule has 1 aliphatic rings. The van der Waals surface area contributed by atoms with E-state index in [0.29, 0.717) is 12.0 Å². The highest BCUT2D eigenvalue weighted by atomic mass is 32.1. The molecule has 122 valence electrons. The topological polar surface area (TPSA) is 66.8 Å². The van der Waals surface area contributed by atoms with Crippen molar-refractivity contribution in [2.45, 2.75) is 25.4 Å². The maximum absolute atomic E-state index is 4.71. The van der Waals surface area contributed by atoms with E-state index in [9.17, 15) is 0 Å². The zero-order valence-electron chi connectivity index (χ0n) is 13.2. The maximum atomic E-state index is 4.71. The van der Waals surface area contributed by atoms with Gasteiger partial charge >= 0.3 is 0 Å². The lowest BCUT2D eigenvalue weighted by Crippen LogP contribution is -2.23. The molecule has 6 nitrogen and oxygen atoms in total. The molecule has 7 heteroatoms. The van der Waals surface area contributed by atoms with Crippen molar-refractivity contribution in [1.82, 2.24) is 24.8 Å². The number of aromatic nitrogens is 4. The van der Waals surface area contributed by atoms with Crippen LogP contribution in [-0.2, 0) is 6.54 Å². The first-order valence-electron chi connectivity index (χ1n) is 8.01. The lowest BCUT2D eigenvalue weighted by atomic mass is 10.1. The number of nitrogens with one attached hydrogen (secondary N) is 1. The van der Waals surface area contributed by atoms with Gasteiger partial charge in [0.25, 0.3) is 0 Å². The molecule has 1 aliphatic heterocycles. The molecule has 0 unspecified atom stereocenters. The molecule has 4 heterocycles. The first-order valence-corrected chi connectivity index (χ1v) is 8.89. The molecule has 0 radical (unpaired) electrons. The number of anilines is 2. The van der Waals surface area contributed by atoms with Crippen LogP contribution in [0.4, 0.5) is 11.1 Å². The first kappa shape index (κ1) is 15.2. The number of likely N-dealkylation sites (tertiary alicyclic amines) is 1. The van der Waals surface area contributed by atoms with Crippen molar-refractivity contribution in [1.29, 1.82) is 0 Å². The summed E-state index contributed by atoms with van der Waals surface area (Å²) in [7, 11) is 0. The van der Waals surface area contributed by atoms with Gasteiger partial charge in [0, 0.05) is 36.7 Å². The van der Waals surface area contributed by atoms with Gasteiger partial charge in [0.15, 0.2) is 5.13 Å². The van der Waals surface area contributed by atoms with Crippen molar-refractivity contribution >= 4 is 22.4 Å². The molecule has 24 heavy (non-hydrogen) atoms. The predicted molar refractivity (Wildman–Crippen MR) is 94.1 cm³/mol. The molecular weight excluding hydrogens is 320 g/mol. The van der Waals surface area contributed by atoms with Gasteiger partial charge < -0.3 is 5.32 Å². The molecule has 0 spiro atoms. The number of hydrogen-bond acceptors (Lipinski definition) is 7. The Morgan fingerprint density at radius 2 is 2.04 bits per heavy atom. The van der Waals surface area contributed by atoms with Crippen LogP contribution >= 0.6 is 11.3 Å². The van der Waals surface area contributed by atoms with Crippen LogP contribution in [0.5, 0.6) is 0 Å². The Hall–Kier alpha value is -2.38. The Kier molecular flexibility index (Phi) is 4.44. The van der Waals surface area contributed by atoms with Gasteiger partial charge in [-0.3, -0.25) is 9.88 Å². The van der Waals surface area contributed by atoms with E-state index in [4.69, 9.17) is 4.98 Å². The minimum Gasteiger partial charge on any atom is -0.300 e. The summed E-state index contributed by atoms with van der Waals surface area (Å²) in [6.07, 6.45) is 9.60. The molecule has 0 aromatic carbocycles. The third-order valence-corrected chi connectivity index (χ3v) is 4.86. The molecule has 1 atom stereocenters. The van der Waals surface area contributed by atoms with Crippen LogP contribution in [0.15, 0.2) is 48.4 Å². The van der Waals surface area contributed by atoms with E-state index in [1.165, 1.54) is 23.3 Å². The molecule has 3 aromatic rings. The van der Waals surface area contributed by atoms with Crippen molar-refractivity contribution in [3.8, 4) is 0 Å². The normalized spacial score (nSPS) is 17.9. The predicted octanol–water partition coefficient (Wildman–Crippen LogP) is 3.41. The summed E-state index contributed by atoms with van der Waals surface area (Å²) in [6, 6.07) is 6.50.